The summed E-state index contributed by atoms with van der Waals surface area (Å²) in [6, 6.07) is -0.0242. The first kappa shape index (κ1) is 15.8. The van der Waals surface area contributed by atoms with Crippen LogP contribution in [0.5, 0.6) is 0 Å². The maximum atomic E-state index is 12.5. The van der Waals surface area contributed by atoms with Crippen LogP contribution in [0.4, 0.5) is 0 Å². The third-order valence-electron chi connectivity index (χ3n) is 4.53. The maximum absolute atomic E-state index is 12.5. The van der Waals surface area contributed by atoms with Crippen molar-refractivity contribution < 1.29 is 9.53 Å². The van der Waals surface area contributed by atoms with E-state index in [1.165, 1.54) is 19.3 Å². The van der Waals surface area contributed by atoms with Crippen LogP contribution in [0.3, 0.4) is 0 Å². The van der Waals surface area contributed by atoms with Crippen LogP contribution in [0.25, 0.3) is 0 Å². The number of hydrogen-bond donors (Lipinski definition) is 1. The van der Waals surface area contributed by atoms with Crippen LogP contribution in [0.15, 0.2) is 0 Å². The van der Waals surface area contributed by atoms with Gasteiger partial charge in [0.15, 0.2) is 0 Å². The van der Waals surface area contributed by atoms with Gasteiger partial charge in [-0.15, -0.1) is 0 Å². The van der Waals surface area contributed by atoms with Crippen LogP contribution in [-0.4, -0.2) is 48.7 Å². The molecule has 0 aromatic heterocycles. The number of ether oxygens (including phenoxy) is 1. The van der Waals surface area contributed by atoms with Gasteiger partial charge in [-0.2, -0.15) is 0 Å². The first-order valence-electron chi connectivity index (χ1n) is 8.14. The van der Waals surface area contributed by atoms with Crippen LogP contribution in [-0.2, 0) is 9.53 Å². The lowest BCUT2D eigenvalue weighted by atomic mass is 9.85. The highest BCUT2D eigenvalue weighted by Gasteiger charge is 2.34. The Balaban J connectivity index is 1.92. The van der Waals surface area contributed by atoms with E-state index in [2.05, 4.69) is 37.9 Å². The Morgan fingerprint density at radius 3 is 2.30 bits per heavy atom. The largest absolute Gasteiger partial charge is 0.373 e. The van der Waals surface area contributed by atoms with E-state index in [4.69, 9.17) is 4.74 Å². The number of carbonyl (C=O) groups is 1. The topological polar surface area (TPSA) is 41.6 Å². The minimum absolute atomic E-state index is 0.0242. The Kier molecular flexibility index (Phi) is 5.44. The molecule has 0 radical (unpaired) electrons. The fourth-order valence-corrected chi connectivity index (χ4v) is 3.38. The van der Waals surface area contributed by atoms with Crippen molar-refractivity contribution in [2.45, 2.75) is 65.2 Å². The summed E-state index contributed by atoms with van der Waals surface area (Å²) in [5.41, 5.74) is 0. The molecule has 2 fully saturated rings. The minimum Gasteiger partial charge on any atom is -0.373 e. The lowest BCUT2D eigenvalue weighted by Crippen LogP contribution is -2.57. The van der Waals surface area contributed by atoms with E-state index in [1.807, 2.05) is 0 Å². The normalized spacial score (nSPS) is 30.1. The average Bonchev–Trinajstić information content (AvgIpc) is 2.24. The zero-order valence-electron chi connectivity index (χ0n) is 13.4. The molecule has 1 amide bonds. The van der Waals surface area contributed by atoms with Crippen molar-refractivity contribution in [1.29, 1.82) is 0 Å². The van der Waals surface area contributed by atoms with E-state index < -0.39 is 0 Å². The number of rotatable bonds is 5. The van der Waals surface area contributed by atoms with Crippen molar-refractivity contribution in [3.8, 4) is 0 Å². The smallest absolute Gasteiger partial charge is 0.237 e. The van der Waals surface area contributed by atoms with Crippen molar-refractivity contribution in [3.05, 3.63) is 0 Å². The molecule has 1 N–H and O–H groups in total. The first-order chi connectivity index (χ1) is 9.47. The molecule has 1 heterocycles. The first-order valence-corrected chi connectivity index (χ1v) is 8.14. The van der Waals surface area contributed by atoms with Crippen LogP contribution in [0.2, 0.25) is 0 Å². The van der Waals surface area contributed by atoms with Gasteiger partial charge in [0.1, 0.15) is 0 Å². The van der Waals surface area contributed by atoms with E-state index in [1.54, 1.807) is 0 Å². The molecular weight excluding hydrogens is 252 g/mol. The molecule has 0 spiro atoms. The Morgan fingerprint density at radius 2 is 1.85 bits per heavy atom. The summed E-state index contributed by atoms with van der Waals surface area (Å²) in [5, 5.41) is 3.17. The predicted octanol–water partition coefficient (Wildman–Crippen LogP) is 2.04. The van der Waals surface area contributed by atoms with Gasteiger partial charge in [-0.25, -0.2) is 0 Å². The molecule has 0 bridgehead atoms. The highest BCUT2D eigenvalue weighted by Crippen LogP contribution is 2.25. The Morgan fingerprint density at radius 1 is 1.25 bits per heavy atom. The van der Waals surface area contributed by atoms with Gasteiger partial charge < -0.3 is 10.1 Å². The molecule has 4 heteroatoms. The number of hydrogen-bond acceptors (Lipinski definition) is 3. The number of morpholine rings is 1. The highest BCUT2D eigenvalue weighted by atomic mass is 16.5. The molecule has 3 atom stereocenters. The molecule has 4 nitrogen and oxygen atoms in total. The van der Waals surface area contributed by atoms with Crippen LogP contribution < -0.4 is 5.32 Å². The Labute approximate surface area is 123 Å². The van der Waals surface area contributed by atoms with Crippen LogP contribution in [0, 0.1) is 11.8 Å². The summed E-state index contributed by atoms with van der Waals surface area (Å²) < 4.78 is 5.78. The van der Waals surface area contributed by atoms with Gasteiger partial charge in [0.05, 0.1) is 18.2 Å². The lowest BCUT2D eigenvalue weighted by Gasteiger charge is -2.41. The van der Waals surface area contributed by atoms with Gasteiger partial charge in [0, 0.05) is 19.6 Å². The standard InChI is InChI=1S/C16H30N2O2/c1-11(2)15(16(19)17-8-14-6-5-7-14)18-9-12(3)20-13(4)10-18/h11-15H,5-10H2,1-4H3,(H,17,19). The molecular formula is C16H30N2O2. The van der Waals surface area contributed by atoms with Gasteiger partial charge in [0.25, 0.3) is 0 Å². The van der Waals surface area contributed by atoms with Crippen molar-refractivity contribution in [3.63, 3.8) is 0 Å². The number of amides is 1. The summed E-state index contributed by atoms with van der Waals surface area (Å²) in [7, 11) is 0. The molecule has 1 saturated carbocycles. The van der Waals surface area contributed by atoms with Gasteiger partial charge in [-0.05, 0) is 38.5 Å². The molecule has 0 aromatic carbocycles. The van der Waals surface area contributed by atoms with E-state index in [0.717, 1.165) is 19.6 Å². The van der Waals surface area contributed by atoms with Crippen molar-refractivity contribution >= 4 is 5.91 Å². The monoisotopic (exact) mass is 282 g/mol. The number of nitrogens with zero attached hydrogens (tertiary/aromatic N) is 1. The van der Waals surface area contributed by atoms with Gasteiger partial charge >= 0.3 is 0 Å². The Hall–Kier alpha value is -0.610. The van der Waals surface area contributed by atoms with Gasteiger partial charge in [-0.3, -0.25) is 9.69 Å². The van der Waals surface area contributed by atoms with Crippen molar-refractivity contribution in [1.82, 2.24) is 10.2 Å². The van der Waals surface area contributed by atoms with Crippen LogP contribution >= 0.6 is 0 Å². The van der Waals surface area contributed by atoms with Gasteiger partial charge in [0.2, 0.25) is 5.91 Å². The predicted molar refractivity (Wildman–Crippen MR) is 80.6 cm³/mol. The fraction of sp³-hybridized carbons (Fsp3) is 0.938. The summed E-state index contributed by atoms with van der Waals surface area (Å²) in [4.78, 5) is 14.9. The molecule has 2 aliphatic rings. The molecule has 2 rings (SSSR count). The summed E-state index contributed by atoms with van der Waals surface area (Å²) in [5.74, 6) is 1.25. The minimum atomic E-state index is -0.0242. The zero-order valence-corrected chi connectivity index (χ0v) is 13.4. The fourth-order valence-electron chi connectivity index (χ4n) is 3.38. The molecule has 0 aromatic rings. The van der Waals surface area contributed by atoms with E-state index in [0.29, 0.717) is 11.8 Å². The number of nitrogens with one attached hydrogen (secondary N) is 1. The molecule has 116 valence electrons. The molecule has 1 saturated heterocycles. The second-order valence-electron chi connectivity index (χ2n) is 6.94. The zero-order chi connectivity index (χ0) is 14.7. The third kappa shape index (κ3) is 3.95. The highest BCUT2D eigenvalue weighted by molar-refractivity contribution is 5.82. The Bertz CT molecular complexity index is 318. The second kappa shape index (κ2) is 6.90. The summed E-state index contributed by atoms with van der Waals surface area (Å²) >= 11 is 0. The van der Waals surface area contributed by atoms with E-state index in [9.17, 15) is 4.79 Å². The molecule has 20 heavy (non-hydrogen) atoms. The molecule has 3 unspecified atom stereocenters. The third-order valence-corrected chi connectivity index (χ3v) is 4.53. The quantitative estimate of drug-likeness (QED) is 0.839. The molecule has 1 aliphatic carbocycles. The summed E-state index contributed by atoms with van der Waals surface area (Å²) in [6.45, 7) is 11.0. The average molecular weight is 282 g/mol. The van der Waals surface area contributed by atoms with Gasteiger partial charge in [-0.1, -0.05) is 20.3 Å². The summed E-state index contributed by atoms with van der Waals surface area (Å²) in [6.07, 6.45) is 4.29. The van der Waals surface area contributed by atoms with Crippen LogP contribution in [0.1, 0.15) is 47.0 Å². The van der Waals surface area contributed by atoms with E-state index in [-0.39, 0.29) is 24.2 Å². The van der Waals surface area contributed by atoms with Crippen molar-refractivity contribution in [2.75, 3.05) is 19.6 Å². The maximum Gasteiger partial charge on any atom is 0.237 e. The lowest BCUT2D eigenvalue weighted by molar-refractivity contribution is -0.135. The number of carbonyl (C=O) groups excluding carboxylic acids is 1. The molecule has 1 aliphatic heterocycles. The SMILES string of the molecule is CC1CN(C(C(=O)NCC2CCC2)C(C)C)CC(C)O1. The van der Waals surface area contributed by atoms with Crippen molar-refractivity contribution in [2.24, 2.45) is 11.8 Å². The van der Waals surface area contributed by atoms with E-state index >= 15 is 0 Å². The second-order valence-corrected chi connectivity index (χ2v) is 6.94.